The van der Waals surface area contributed by atoms with Gasteiger partial charge in [-0.2, -0.15) is 0 Å². The minimum Gasteiger partial charge on any atom is -0.384 e. The molecule has 1 aliphatic heterocycles. The molecule has 22 heavy (non-hydrogen) atoms. The van der Waals surface area contributed by atoms with Crippen LogP contribution in [-0.4, -0.2) is 59.0 Å². The van der Waals surface area contributed by atoms with Crippen molar-refractivity contribution in [3.63, 3.8) is 0 Å². The lowest BCUT2D eigenvalue weighted by Crippen LogP contribution is -2.40. The van der Waals surface area contributed by atoms with Crippen LogP contribution in [-0.2, 0) is 17.8 Å². The molecule has 0 radical (unpaired) electrons. The van der Waals surface area contributed by atoms with Crippen molar-refractivity contribution in [3.05, 3.63) is 12.2 Å². The van der Waals surface area contributed by atoms with Crippen molar-refractivity contribution in [1.82, 2.24) is 25.0 Å². The number of nitrogens with one attached hydrogen (secondary N) is 1. The van der Waals surface area contributed by atoms with Gasteiger partial charge in [-0.1, -0.05) is 0 Å². The predicted molar refractivity (Wildman–Crippen MR) is 97.5 cm³/mol. The van der Waals surface area contributed by atoms with Gasteiger partial charge in [0.1, 0.15) is 12.9 Å². The van der Waals surface area contributed by atoms with E-state index in [1.54, 1.807) is 13.4 Å². The van der Waals surface area contributed by atoms with Crippen LogP contribution in [0, 0.1) is 5.92 Å². The van der Waals surface area contributed by atoms with E-state index in [0.29, 0.717) is 12.5 Å². The molecule has 1 aromatic heterocycles. The van der Waals surface area contributed by atoms with Gasteiger partial charge in [-0.25, -0.2) is 4.99 Å². The number of hydrogen-bond acceptors (Lipinski definition) is 4. The van der Waals surface area contributed by atoms with Gasteiger partial charge in [0, 0.05) is 39.2 Å². The van der Waals surface area contributed by atoms with Crippen LogP contribution in [0.25, 0.3) is 0 Å². The summed E-state index contributed by atoms with van der Waals surface area (Å²) in [6.45, 7) is 9.31. The molecule has 0 spiro atoms. The summed E-state index contributed by atoms with van der Waals surface area (Å²) in [5.74, 6) is 2.46. The number of aliphatic imine (C=N–C) groups is 1. The molecule has 126 valence electrons. The molecular formula is C14H27IN6O. The zero-order chi connectivity index (χ0) is 15.1. The predicted octanol–water partition coefficient (Wildman–Crippen LogP) is 1.35. The molecule has 1 unspecified atom stereocenters. The van der Waals surface area contributed by atoms with E-state index in [1.165, 1.54) is 0 Å². The van der Waals surface area contributed by atoms with Crippen molar-refractivity contribution in [1.29, 1.82) is 0 Å². The number of ether oxygens (including phenoxy) is 1. The van der Waals surface area contributed by atoms with Crippen molar-refractivity contribution in [2.75, 3.05) is 33.4 Å². The number of methoxy groups -OCH3 is 1. The van der Waals surface area contributed by atoms with Crippen molar-refractivity contribution < 1.29 is 4.74 Å². The summed E-state index contributed by atoms with van der Waals surface area (Å²) in [6, 6.07) is 0. The van der Waals surface area contributed by atoms with E-state index in [9.17, 15) is 0 Å². The van der Waals surface area contributed by atoms with Crippen LogP contribution in [0.3, 0.4) is 0 Å². The first kappa shape index (κ1) is 19.1. The Morgan fingerprint density at radius 2 is 2.32 bits per heavy atom. The van der Waals surface area contributed by atoms with E-state index >= 15 is 0 Å². The summed E-state index contributed by atoms with van der Waals surface area (Å²) in [5, 5.41) is 11.4. The highest BCUT2D eigenvalue weighted by molar-refractivity contribution is 14.0. The molecule has 1 N–H and O–H groups in total. The van der Waals surface area contributed by atoms with Gasteiger partial charge in [0.05, 0.1) is 6.61 Å². The normalized spacial score (nSPS) is 18.4. The quantitative estimate of drug-likeness (QED) is 0.426. The van der Waals surface area contributed by atoms with Gasteiger partial charge in [0.25, 0.3) is 0 Å². The Bertz CT molecular complexity index is 464. The van der Waals surface area contributed by atoms with Crippen LogP contribution in [0.1, 0.15) is 26.1 Å². The summed E-state index contributed by atoms with van der Waals surface area (Å²) in [5.41, 5.74) is 0. The fourth-order valence-corrected chi connectivity index (χ4v) is 2.63. The molecule has 2 heterocycles. The summed E-state index contributed by atoms with van der Waals surface area (Å²) < 4.78 is 7.27. The van der Waals surface area contributed by atoms with Crippen molar-refractivity contribution in [3.8, 4) is 0 Å². The molecule has 1 aliphatic rings. The first-order chi connectivity index (χ1) is 10.3. The summed E-state index contributed by atoms with van der Waals surface area (Å²) in [7, 11) is 1.76. The second kappa shape index (κ2) is 9.98. The monoisotopic (exact) mass is 422 g/mol. The minimum atomic E-state index is 0. The fraction of sp³-hybridized carbons (Fsp3) is 0.786. The molecule has 7 nitrogen and oxygen atoms in total. The Hall–Kier alpha value is -0.900. The molecule has 0 bridgehead atoms. The number of hydrogen-bond donors (Lipinski definition) is 1. The van der Waals surface area contributed by atoms with Crippen LogP contribution in [0.2, 0.25) is 0 Å². The maximum Gasteiger partial charge on any atom is 0.194 e. The third kappa shape index (κ3) is 5.08. The van der Waals surface area contributed by atoms with Gasteiger partial charge in [0.2, 0.25) is 0 Å². The molecule has 0 amide bonds. The number of halogens is 1. The maximum absolute atomic E-state index is 5.25. The summed E-state index contributed by atoms with van der Waals surface area (Å²) in [6.07, 6.45) is 2.91. The van der Waals surface area contributed by atoms with E-state index < -0.39 is 0 Å². The number of guanidine groups is 1. The van der Waals surface area contributed by atoms with E-state index in [4.69, 9.17) is 9.73 Å². The minimum absolute atomic E-state index is 0. The van der Waals surface area contributed by atoms with Crippen LogP contribution < -0.4 is 5.32 Å². The molecule has 1 atom stereocenters. The maximum atomic E-state index is 5.25. The third-order valence-corrected chi connectivity index (χ3v) is 3.73. The number of likely N-dealkylation sites (tertiary alicyclic amines) is 1. The number of nitrogens with zero attached hydrogens (tertiary/aromatic N) is 5. The SMILES string of the molecule is CCNC(=NCc1nncn1CC)N1CCC(COC)C1.I. The molecule has 2 rings (SSSR count). The van der Waals surface area contributed by atoms with Gasteiger partial charge in [0.15, 0.2) is 11.8 Å². The average Bonchev–Trinajstić information content (AvgIpc) is 3.12. The fourth-order valence-electron chi connectivity index (χ4n) is 2.63. The van der Waals surface area contributed by atoms with E-state index in [0.717, 1.165) is 51.0 Å². The Morgan fingerprint density at radius 1 is 1.50 bits per heavy atom. The lowest BCUT2D eigenvalue weighted by Gasteiger charge is -2.21. The molecule has 0 saturated carbocycles. The molecule has 1 fully saturated rings. The zero-order valence-corrected chi connectivity index (χ0v) is 16.0. The summed E-state index contributed by atoms with van der Waals surface area (Å²) >= 11 is 0. The number of aromatic nitrogens is 3. The number of rotatable bonds is 6. The van der Waals surface area contributed by atoms with Gasteiger partial charge in [-0.05, 0) is 20.3 Å². The Balaban J connectivity index is 0.00000242. The summed E-state index contributed by atoms with van der Waals surface area (Å²) in [4.78, 5) is 7.01. The molecule has 0 aliphatic carbocycles. The van der Waals surface area contributed by atoms with Crippen molar-refractivity contribution >= 4 is 29.9 Å². The molecular weight excluding hydrogens is 395 g/mol. The van der Waals surface area contributed by atoms with Gasteiger partial charge in [-0.3, -0.25) is 0 Å². The molecule has 1 aromatic rings. The molecule has 8 heteroatoms. The Kier molecular flexibility index (Phi) is 8.69. The lowest BCUT2D eigenvalue weighted by molar-refractivity contribution is 0.157. The number of aryl methyl sites for hydroxylation is 1. The topological polar surface area (TPSA) is 67.6 Å². The highest BCUT2D eigenvalue weighted by Crippen LogP contribution is 2.16. The standard InChI is InChI=1S/C14H26N6O.HI/c1-4-15-14(20-7-6-12(9-20)10-21-3)16-8-13-18-17-11-19(13)5-2;/h11-12H,4-10H2,1-3H3,(H,15,16);1H. The van der Waals surface area contributed by atoms with E-state index in [2.05, 4.69) is 34.3 Å². The third-order valence-electron chi connectivity index (χ3n) is 3.73. The second-order valence-electron chi connectivity index (χ2n) is 5.26. The highest BCUT2D eigenvalue weighted by atomic mass is 127. The molecule has 0 aromatic carbocycles. The van der Waals surface area contributed by atoms with Gasteiger partial charge < -0.3 is 19.5 Å². The highest BCUT2D eigenvalue weighted by Gasteiger charge is 2.24. The first-order valence-electron chi connectivity index (χ1n) is 7.67. The van der Waals surface area contributed by atoms with Crippen LogP contribution >= 0.6 is 24.0 Å². The van der Waals surface area contributed by atoms with E-state index in [1.807, 2.05) is 4.57 Å². The van der Waals surface area contributed by atoms with Crippen LogP contribution in [0.4, 0.5) is 0 Å². The van der Waals surface area contributed by atoms with Crippen molar-refractivity contribution in [2.24, 2.45) is 10.9 Å². The average molecular weight is 422 g/mol. The van der Waals surface area contributed by atoms with Crippen LogP contribution in [0.5, 0.6) is 0 Å². The first-order valence-corrected chi connectivity index (χ1v) is 7.67. The van der Waals surface area contributed by atoms with Gasteiger partial charge in [-0.15, -0.1) is 34.2 Å². The van der Waals surface area contributed by atoms with Crippen LogP contribution in [0.15, 0.2) is 11.3 Å². The smallest absolute Gasteiger partial charge is 0.194 e. The van der Waals surface area contributed by atoms with E-state index in [-0.39, 0.29) is 24.0 Å². The Morgan fingerprint density at radius 3 is 3.00 bits per heavy atom. The Labute approximate surface area is 149 Å². The second-order valence-corrected chi connectivity index (χ2v) is 5.26. The molecule has 1 saturated heterocycles. The lowest BCUT2D eigenvalue weighted by atomic mass is 10.1. The van der Waals surface area contributed by atoms with Gasteiger partial charge >= 0.3 is 0 Å². The largest absolute Gasteiger partial charge is 0.384 e. The van der Waals surface area contributed by atoms with Crippen molar-refractivity contribution in [2.45, 2.75) is 33.4 Å². The zero-order valence-electron chi connectivity index (χ0n) is 13.7.